The number of hydrogen-bond donors (Lipinski definition) is 2. The van der Waals surface area contributed by atoms with Crippen LogP contribution in [0.4, 0.5) is 14.5 Å². The molecule has 4 aromatic heterocycles. The molecule has 0 radical (unpaired) electrons. The molecule has 0 unspecified atom stereocenters. The number of pyridine rings is 1. The maximum Gasteiger partial charge on any atom is 0.263 e. The third-order valence-corrected chi connectivity index (χ3v) is 6.70. The van der Waals surface area contributed by atoms with Crippen molar-refractivity contribution in [3.63, 3.8) is 0 Å². The van der Waals surface area contributed by atoms with Crippen molar-refractivity contribution >= 4 is 32.8 Å². The first-order valence-electron chi connectivity index (χ1n) is 9.72. The lowest BCUT2D eigenvalue weighted by molar-refractivity contribution is 0.586. The number of fused-ring (bicyclic) bond motifs is 1. The SMILES string of the molecule is Cc1ncc(Cl)cc1S(=O)(=O)Nc1ccc(F)c(-c2ccc3c(-c4ncc[nH]4)ncn3n2)c1F. The lowest BCUT2D eigenvalue weighted by atomic mass is 10.1. The highest BCUT2D eigenvalue weighted by atomic mass is 35.5. The Hall–Kier alpha value is -3.90. The van der Waals surface area contributed by atoms with Crippen LogP contribution in [0.2, 0.25) is 5.02 Å². The van der Waals surface area contributed by atoms with Crippen LogP contribution in [-0.4, -0.2) is 38.0 Å². The van der Waals surface area contributed by atoms with Gasteiger partial charge < -0.3 is 4.98 Å². The minimum Gasteiger partial charge on any atom is -0.343 e. The van der Waals surface area contributed by atoms with Crippen molar-refractivity contribution in [1.82, 2.24) is 29.5 Å². The number of H-pyrrole nitrogens is 1. The minimum absolute atomic E-state index is 0.0625. The predicted molar refractivity (Wildman–Crippen MR) is 121 cm³/mol. The molecule has 0 aliphatic heterocycles. The van der Waals surface area contributed by atoms with Gasteiger partial charge in [-0.1, -0.05) is 11.6 Å². The number of sulfonamides is 1. The van der Waals surface area contributed by atoms with Gasteiger partial charge in [0.25, 0.3) is 10.0 Å². The third kappa shape index (κ3) is 3.76. The van der Waals surface area contributed by atoms with Crippen molar-refractivity contribution in [3.8, 4) is 22.8 Å². The van der Waals surface area contributed by atoms with Crippen molar-refractivity contribution in [1.29, 1.82) is 0 Å². The first-order chi connectivity index (χ1) is 16.2. The van der Waals surface area contributed by atoms with Gasteiger partial charge in [-0.25, -0.2) is 31.7 Å². The fourth-order valence-corrected chi connectivity index (χ4v) is 4.93. The third-order valence-electron chi connectivity index (χ3n) is 5.01. The predicted octanol–water partition coefficient (Wildman–Crippen LogP) is 4.22. The number of nitrogens with zero attached hydrogens (tertiary/aromatic N) is 5. The Morgan fingerprint density at radius 2 is 1.94 bits per heavy atom. The standard InChI is InChI=1S/C21H14ClF2N7O2S/c1-11-17(8-12(22)9-27-11)34(32,33)30-15-3-2-13(23)18(19(15)24)14-4-5-16-20(21-25-6-7-26-21)28-10-31(16)29-14/h2-10,30H,1H3,(H,25,26). The van der Waals surface area contributed by atoms with E-state index in [1.165, 1.54) is 36.1 Å². The van der Waals surface area contributed by atoms with Gasteiger partial charge in [0.05, 0.1) is 33.2 Å². The smallest absolute Gasteiger partial charge is 0.263 e. The molecule has 0 saturated heterocycles. The fourth-order valence-electron chi connectivity index (χ4n) is 3.43. The van der Waals surface area contributed by atoms with Crippen LogP contribution in [0.15, 0.2) is 60.1 Å². The van der Waals surface area contributed by atoms with E-state index in [0.29, 0.717) is 17.0 Å². The summed E-state index contributed by atoms with van der Waals surface area (Å²) in [5.41, 5.74) is 0.208. The molecule has 0 aliphatic rings. The van der Waals surface area contributed by atoms with E-state index in [2.05, 4.69) is 29.8 Å². The number of aryl methyl sites for hydroxylation is 1. The Bertz CT molecular complexity index is 1650. The Labute approximate surface area is 196 Å². The second-order valence-corrected chi connectivity index (χ2v) is 9.29. The van der Waals surface area contributed by atoms with Crippen molar-refractivity contribution in [3.05, 3.63) is 77.6 Å². The van der Waals surface area contributed by atoms with Gasteiger partial charge in [-0.3, -0.25) is 9.71 Å². The summed E-state index contributed by atoms with van der Waals surface area (Å²) in [4.78, 5) is 15.0. The van der Waals surface area contributed by atoms with Gasteiger partial charge in [-0.05, 0) is 37.3 Å². The second-order valence-electron chi connectivity index (χ2n) is 7.21. The van der Waals surface area contributed by atoms with Crippen molar-refractivity contribution in [2.75, 3.05) is 4.72 Å². The summed E-state index contributed by atoms with van der Waals surface area (Å²) in [5, 5.41) is 4.34. The van der Waals surface area contributed by atoms with Gasteiger partial charge >= 0.3 is 0 Å². The van der Waals surface area contributed by atoms with E-state index in [4.69, 9.17) is 11.6 Å². The lowest BCUT2D eigenvalue weighted by Gasteiger charge is -2.13. The summed E-state index contributed by atoms with van der Waals surface area (Å²) in [6.45, 7) is 1.47. The molecule has 9 nitrogen and oxygen atoms in total. The zero-order chi connectivity index (χ0) is 24.0. The van der Waals surface area contributed by atoms with Crippen LogP contribution in [0.1, 0.15) is 5.69 Å². The molecule has 0 atom stereocenters. The molecule has 172 valence electrons. The monoisotopic (exact) mass is 501 g/mol. The van der Waals surface area contributed by atoms with Crippen LogP contribution in [-0.2, 0) is 10.0 Å². The summed E-state index contributed by atoms with van der Waals surface area (Å²) in [6, 6.07) is 6.13. The number of halogens is 3. The van der Waals surface area contributed by atoms with E-state index in [9.17, 15) is 12.8 Å². The van der Waals surface area contributed by atoms with Crippen LogP contribution in [0, 0.1) is 18.6 Å². The molecular formula is C21H14ClF2N7O2S. The van der Waals surface area contributed by atoms with Crippen molar-refractivity contribution < 1.29 is 17.2 Å². The molecule has 0 saturated carbocycles. The highest BCUT2D eigenvalue weighted by molar-refractivity contribution is 7.92. The maximum atomic E-state index is 15.4. The van der Waals surface area contributed by atoms with Gasteiger partial charge in [-0.15, -0.1) is 0 Å². The number of aromatic amines is 1. The average Bonchev–Trinajstić information content (AvgIpc) is 3.47. The molecule has 34 heavy (non-hydrogen) atoms. The fraction of sp³-hybridized carbons (Fsp3) is 0.0476. The topological polar surface area (TPSA) is 118 Å². The van der Waals surface area contributed by atoms with Gasteiger partial charge in [0.1, 0.15) is 22.7 Å². The molecule has 4 heterocycles. The average molecular weight is 502 g/mol. The number of anilines is 1. The number of rotatable bonds is 5. The molecule has 5 aromatic rings. The number of hydrogen-bond acceptors (Lipinski definition) is 6. The van der Waals surface area contributed by atoms with Gasteiger partial charge in [-0.2, -0.15) is 5.10 Å². The summed E-state index contributed by atoms with van der Waals surface area (Å²) in [7, 11) is -4.26. The Balaban J connectivity index is 1.56. The van der Waals surface area contributed by atoms with Gasteiger partial charge in [0.15, 0.2) is 11.6 Å². The Morgan fingerprint density at radius 3 is 2.71 bits per heavy atom. The highest BCUT2D eigenvalue weighted by Gasteiger charge is 2.24. The lowest BCUT2D eigenvalue weighted by Crippen LogP contribution is -2.16. The second kappa shape index (κ2) is 8.15. The number of nitrogens with one attached hydrogen (secondary N) is 2. The molecule has 0 amide bonds. The van der Waals surface area contributed by atoms with Crippen LogP contribution in [0.3, 0.4) is 0 Å². The quantitative estimate of drug-likeness (QED) is 0.372. The van der Waals surface area contributed by atoms with Crippen LogP contribution in [0.25, 0.3) is 28.3 Å². The number of imidazole rings is 2. The number of benzene rings is 1. The Morgan fingerprint density at radius 1 is 1.12 bits per heavy atom. The minimum atomic E-state index is -4.26. The molecule has 13 heteroatoms. The Kier molecular flexibility index (Phi) is 5.25. The zero-order valence-corrected chi connectivity index (χ0v) is 18.9. The molecule has 5 rings (SSSR count). The molecular weight excluding hydrogens is 488 g/mol. The summed E-state index contributed by atoms with van der Waals surface area (Å²) in [5.74, 6) is -1.54. The van der Waals surface area contributed by atoms with Gasteiger partial charge in [0.2, 0.25) is 0 Å². The molecule has 0 bridgehead atoms. The molecule has 0 spiro atoms. The summed E-state index contributed by atoms with van der Waals surface area (Å²) >= 11 is 5.87. The largest absolute Gasteiger partial charge is 0.343 e. The van der Waals surface area contributed by atoms with Crippen LogP contribution < -0.4 is 4.72 Å². The van der Waals surface area contributed by atoms with Crippen LogP contribution >= 0.6 is 11.6 Å². The molecule has 2 N–H and O–H groups in total. The zero-order valence-electron chi connectivity index (χ0n) is 17.3. The molecule has 1 aromatic carbocycles. The van der Waals surface area contributed by atoms with E-state index in [-0.39, 0.29) is 21.3 Å². The normalized spacial score (nSPS) is 11.8. The van der Waals surface area contributed by atoms with E-state index in [1.54, 1.807) is 18.5 Å². The first-order valence-corrected chi connectivity index (χ1v) is 11.6. The van der Waals surface area contributed by atoms with E-state index < -0.39 is 32.9 Å². The molecule has 0 aliphatic carbocycles. The van der Waals surface area contributed by atoms with E-state index in [1.807, 2.05) is 0 Å². The molecule has 0 fully saturated rings. The summed E-state index contributed by atoms with van der Waals surface area (Å²) < 4.78 is 59.3. The number of aromatic nitrogens is 6. The van der Waals surface area contributed by atoms with Crippen molar-refractivity contribution in [2.24, 2.45) is 0 Å². The highest BCUT2D eigenvalue weighted by Crippen LogP contribution is 2.32. The van der Waals surface area contributed by atoms with E-state index >= 15 is 4.39 Å². The first kappa shape index (κ1) is 21.9. The van der Waals surface area contributed by atoms with Crippen molar-refractivity contribution in [2.45, 2.75) is 11.8 Å². The summed E-state index contributed by atoms with van der Waals surface area (Å²) in [6.07, 6.45) is 5.89. The van der Waals surface area contributed by atoms with Gasteiger partial charge in [0, 0.05) is 18.6 Å². The van der Waals surface area contributed by atoms with E-state index in [0.717, 1.165) is 12.1 Å². The maximum absolute atomic E-state index is 15.4. The van der Waals surface area contributed by atoms with Crippen LogP contribution in [0.5, 0.6) is 0 Å².